The Hall–Kier alpha value is -2.77. The summed E-state index contributed by atoms with van der Waals surface area (Å²) in [6.07, 6.45) is 3.29. The van der Waals surface area contributed by atoms with Crippen LogP contribution in [0.3, 0.4) is 0 Å². The minimum Gasteiger partial charge on any atom is -0.383 e. The molecule has 7 nitrogen and oxygen atoms in total. The smallest absolute Gasteiger partial charge is 0.274 e. The van der Waals surface area contributed by atoms with Gasteiger partial charge in [-0.25, -0.2) is 4.68 Å². The lowest BCUT2D eigenvalue weighted by molar-refractivity contribution is 0.0932. The van der Waals surface area contributed by atoms with Crippen LogP contribution in [-0.4, -0.2) is 46.1 Å². The van der Waals surface area contributed by atoms with Crippen LogP contribution in [0.2, 0.25) is 5.02 Å². The van der Waals surface area contributed by atoms with Gasteiger partial charge in [0.25, 0.3) is 5.91 Å². The summed E-state index contributed by atoms with van der Waals surface area (Å²) in [5.74, 6) is -0.331. The minimum atomic E-state index is -0.331. The summed E-state index contributed by atoms with van der Waals surface area (Å²) < 4.78 is 6.51. The third kappa shape index (κ3) is 3.67. The lowest BCUT2D eigenvalue weighted by atomic mass is 10.1. The van der Waals surface area contributed by atoms with E-state index < -0.39 is 0 Å². The molecule has 3 rings (SSSR count). The number of hydrogen-bond donors (Lipinski definition) is 1. The molecule has 0 fully saturated rings. The van der Waals surface area contributed by atoms with Gasteiger partial charge >= 0.3 is 0 Å². The molecule has 2 heterocycles. The van der Waals surface area contributed by atoms with Crippen molar-refractivity contribution in [3.05, 3.63) is 59.5 Å². The summed E-state index contributed by atoms with van der Waals surface area (Å²) in [4.78, 5) is 16.5. The van der Waals surface area contributed by atoms with Gasteiger partial charge in [-0.2, -0.15) is 0 Å². The van der Waals surface area contributed by atoms with Gasteiger partial charge in [-0.1, -0.05) is 28.9 Å². The first-order valence-corrected chi connectivity index (χ1v) is 7.98. The number of nitrogens with zero attached hydrogens (tertiary/aromatic N) is 4. The summed E-state index contributed by atoms with van der Waals surface area (Å²) in [7, 11) is 1.57. The topological polar surface area (TPSA) is 81.9 Å². The van der Waals surface area contributed by atoms with Crippen LogP contribution in [0, 0.1) is 0 Å². The zero-order valence-corrected chi connectivity index (χ0v) is 14.3. The Bertz CT molecular complexity index is 866. The highest BCUT2D eigenvalue weighted by molar-refractivity contribution is 6.32. The number of hydrogen-bond acceptors (Lipinski definition) is 5. The van der Waals surface area contributed by atoms with E-state index in [-0.39, 0.29) is 11.6 Å². The second-order valence-electron chi connectivity index (χ2n) is 5.13. The number of rotatable bonds is 6. The number of amides is 1. The molecular weight excluding hydrogens is 342 g/mol. The van der Waals surface area contributed by atoms with E-state index >= 15 is 0 Å². The van der Waals surface area contributed by atoms with Crippen LogP contribution in [0.1, 0.15) is 10.5 Å². The monoisotopic (exact) mass is 357 g/mol. The lowest BCUT2D eigenvalue weighted by Crippen LogP contribution is -2.27. The molecule has 1 amide bonds. The van der Waals surface area contributed by atoms with Crippen molar-refractivity contribution in [3.8, 4) is 16.9 Å². The SMILES string of the molecule is COCCNC(=O)c1nnn(-c2ccccc2Cl)c1-c1ccncc1. The standard InChI is InChI=1S/C17H16ClN5O2/c1-25-11-10-20-17(24)15-16(12-6-8-19-9-7-12)23(22-21-15)14-5-3-2-4-13(14)18/h2-9H,10-11H2,1H3,(H,20,24). The van der Waals surface area contributed by atoms with Gasteiger partial charge < -0.3 is 10.1 Å². The predicted octanol–water partition coefficient (Wildman–Crippen LogP) is 2.36. The molecule has 25 heavy (non-hydrogen) atoms. The summed E-state index contributed by atoms with van der Waals surface area (Å²) in [5.41, 5.74) is 2.16. The molecule has 0 aliphatic rings. The number of halogens is 1. The normalized spacial score (nSPS) is 10.6. The van der Waals surface area contributed by atoms with E-state index in [0.29, 0.717) is 29.6 Å². The fraction of sp³-hybridized carbons (Fsp3) is 0.176. The van der Waals surface area contributed by atoms with Gasteiger partial charge in [0, 0.05) is 31.6 Å². The highest BCUT2D eigenvalue weighted by Gasteiger charge is 2.22. The minimum absolute atomic E-state index is 0.210. The Balaban J connectivity index is 2.08. The number of aromatic nitrogens is 4. The number of carbonyl (C=O) groups excluding carboxylic acids is 1. The Kier molecular flexibility index (Phi) is 5.37. The van der Waals surface area contributed by atoms with Crippen LogP contribution in [0.15, 0.2) is 48.8 Å². The van der Waals surface area contributed by atoms with Crippen LogP contribution >= 0.6 is 11.6 Å². The molecule has 0 aliphatic carbocycles. The second-order valence-corrected chi connectivity index (χ2v) is 5.54. The number of methoxy groups -OCH3 is 1. The molecule has 0 radical (unpaired) electrons. The molecule has 0 unspecified atom stereocenters. The molecule has 1 aromatic carbocycles. The van der Waals surface area contributed by atoms with Gasteiger partial charge in [0.15, 0.2) is 5.69 Å². The quantitative estimate of drug-likeness (QED) is 0.685. The van der Waals surface area contributed by atoms with Gasteiger partial charge in [-0.3, -0.25) is 9.78 Å². The van der Waals surface area contributed by atoms with E-state index in [4.69, 9.17) is 16.3 Å². The Morgan fingerprint density at radius 3 is 2.72 bits per heavy atom. The third-order valence-corrected chi connectivity index (χ3v) is 3.83. The van der Waals surface area contributed by atoms with E-state index in [1.54, 1.807) is 42.4 Å². The first kappa shape index (κ1) is 17.1. The van der Waals surface area contributed by atoms with Crippen molar-refractivity contribution in [2.45, 2.75) is 0 Å². The van der Waals surface area contributed by atoms with Gasteiger partial charge in [-0.15, -0.1) is 5.10 Å². The fourth-order valence-corrected chi connectivity index (χ4v) is 2.56. The van der Waals surface area contributed by atoms with E-state index in [9.17, 15) is 4.79 Å². The maximum atomic E-state index is 12.5. The molecule has 2 aromatic heterocycles. The van der Waals surface area contributed by atoms with Crippen LogP contribution < -0.4 is 5.32 Å². The molecule has 1 N–H and O–H groups in total. The number of carbonyl (C=O) groups is 1. The molecular formula is C17H16ClN5O2. The molecule has 0 spiro atoms. The first-order valence-electron chi connectivity index (χ1n) is 7.60. The maximum absolute atomic E-state index is 12.5. The summed E-state index contributed by atoms with van der Waals surface area (Å²) >= 11 is 6.29. The molecule has 0 saturated heterocycles. The molecule has 8 heteroatoms. The Morgan fingerprint density at radius 1 is 1.24 bits per heavy atom. The van der Waals surface area contributed by atoms with E-state index in [1.165, 1.54) is 0 Å². The predicted molar refractivity (Wildman–Crippen MR) is 93.8 cm³/mol. The fourth-order valence-electron chi connectivity index (χ4n) is 2.35. The van der Waals surface area contributed by atoms with Crippen molar-refractivity contribution in [2.24, 2.45) is 0 Å². The van der Waals surface area contributed by atoms with E-state index in [0.717, 1.165) is 5.56 Å². The van der Waals surface area contributed by atoms with Crippen molar-refractivity contribution < 1.29 is 9.53 Å². The Morgan fingerprint density at radius 2 is 2.00 bits per heavy atom. The average molecular weight is 358 g/mol. The highest BCUT2D eigenvalue weighted by atomic mass is 35.5. The number of nitrogens with one attached hydrogen (secondary N) is 1. The highest BCUT2D eigenvalue weighted by Crippen LogP contribution is 2.28. The van der Waals surface area contributed by atoms with Crippen molar-refractivity contribution >= 4 is 17.5 Å². The van der Waals surface area contributed by atoms with Crippen LogP contribution in [0.5, 0.6) is 0 Å². The van der Waals surface area contributed by atoms with Gasteiger partial charge in [0.05, 0.1) is 17.3 Å². The average Bonchev–Trinajstić information content (AvgIpc) is 3.08. The zero-order valence-electron chi connectivity index (χ0n) is 13.5. The van der Waals surface area contributed by atoms with Crippen LogP contribution in [0.25, 0.3) is 16.9 Å². The number of para-hydroxylation sites is 1. The molecule has 0 aliphatic heterocycles. The molecule has 0 atom stereocenters. The largest absolute Gasteiger partial charge is 0.383 e. The maximum Gasteiger partial charge on any atom is 0.274 e. The molecule has 3 aromatic rings. The van der Waals surface area contributed by atoms with Gasteiger partial charge in [0.1, 0.15) is 5.69 Å². The zero-order chi connectivity index (χ0) is 17.6. The molecule has 0 bridgehead atoms. The van der Waals surface area contributed by atoms with Crippen LogP contribution in [-0.2, 0) is 4.74 Å². The first-order chi connectivity index (χ1) is 12.2. The molecule has 128 valence electrons. The van der Waals surface area contributed by atoms with Gasteiger partial charge in [-0.05, 0) is 24.3 Å². The summed E-state index contributed by atoms with van der Waals surface area (Å²) in [6, 6.07) is 10.8. The number of pyridine rings is 1. The van der Waals surface area contributed by atoms with Crippen LogP contribution in [0.4, 0.5) is 0 Å². The Labute approximate surface area is 149 Å². The van der Waals surface area contributed by atoms with Crippen molar-refractivity contribution in [2.75, 3.05) is 20.3 Å². The second kappa shape index (κ2) is 7.87. The van der Waals surface area contributed by atoms with E-state index in [2.05, 4.69) is 20.6 Å². The third-order valence-electron chi connectivity index (χ3n) is 3.51. The summed E-state index contributed by atoms with van der Waals surface area (Å²) in [5, 5.41) is 11.5. The van der Waals surface area contributed by atoms with Gasteiger partial charge in [0.2, 0.25) is 0 Å². The lowest BCUT2D eigenvalue weighted by Gasteiger charge is -2.09. The number of benzene rings is 1. The van der Waals surface area contributed by atoms with Crippen molar-refractivity contribution in [1.82, 2.24) is 25.3 Å². The number of ether oxygens (including phenoxy) is 1. The van der Waals surface area contributed by atoms with E-state index in [1.807, 2.05) is 18.2 Å². The van der Waals surface area contributed by atoms with Crippen molar-refractivity contribution in [3.63, 3.8) is 0 Å². The summed E-state index contributed by atoms with van der Waals surface area (Å²) in [6.45, 7) is 0.791. The molecule has 0 saturated carbocycles. The van der Waals surface area contributed by atoms with Crippen molar-refractivity contribution in [1.29, 1.82) is 0 Å².